The van der Waals surface area contributed by atoms with Gasteiger partial charge in [-0.1, -0.05) is 32.0 Å². The number of hydrogen-bond acceptors (Lipinski definition) is 5. The molecule has 0 aliphatic rings. The van der Waals surface area contributed by atoms with Gasteiger partial charge in [-0.15, -0.1) is 0 Å². The van der Waals surface area contributed by atoms with Crippen molar-refractivity contribution in [3.05, 3.63) is 30.3 Å². The minimum absolute atomic E-state index is 0.122. The second-order valence-corrected chi connectivity index (χ2v) is 14.5. The van der Waals surface area contributed by atoms with Gasteiger partial charge in [0.05, 0.1) is 7.11 Å². The summed E-state index contributed by atoms with van der Waals surface area (Å²) in [6.07, 6.45) is 0. The van der Waals surface area contributed by atoms with Crippen molar-refractivity contribution in [2.45, 2.75) is 85.9 Å². The number of rotatable bonds is 7. The quantitative estimate of drug-likeness (QED) is 0.303. The molecule has 0 radical (unpaired) electrons. The molecule has 10 heteroatoms. The first-order valence-electron chi connectivity index (χ1n) is 11.0. The second-order valence-electron chi connectivity index (χ2n) is 10.1. The number of carbonyl (C=O) groups excluding carboxylic acids is 1. The lowest BCUT2D eigenvalue weighted by molar-refractivity contribution is -0.146. The molecule has 0 spiro atoms. The number of carbonyl (C=O) groups is 1. The lowest BCUT2D eigenvalue weighted by Gasteiger charge is -2.32. The lowest BCUT2D eigenvalue weighted by atomic mass is 10.1. The zero-order chi connectivity index (χ0) is 26.7. The first kappa shape index (κ1) is 34.0. The van der Waals surface area contributed by atoms with Crippen molar-refractivity contribution in [3.8, 4) is 5.75 Å². The first-order valence-corrected chi connectivity index (χ1v) is 15.3. The molecule has 0 amide bonds. The van der Waals surface area contributed by atoms with Crippen LogP contribution in [0, 0.1) is 0 Å². The van der Waals surface area contributed by atoms with E-state index < -0.39 is 26.5 Å². The summed E-state index contributed by atoms with van der Waals surface area (Å²) < 4.78 is 34.3. The maximum absolute atomic E-state index is 12.3. The van der Waals surface area contributed by atoms with Crippen molar-refractivity contribution < 1.29 is 23.2 Å². The zero-order valence-electron chi connectivity index (χ0n) is 22.8. The molecule has 0 aromatic heterocycles. The monoisotopic (exact) mass is 507 g/mol. The summed E-state index contributed by atoms with van der Waals surface area (Å²) in [5.74, 6) is -0.0160. The molecule has 0 aliphatic heterocycles. The van der Waals surface area contributed by atoms with Gasteiger partial charge in [0.2, 0.25) is 7.44 Å². The van der Waals surface area contributed by atoms with E-state index >= 15 is 0 Å². The highest BCUT2D eigenvalue weighted by Crippen LogP contribution is 2.41. The first-order chi connectivity index (χ1) is 14.7. The van der Waals surface area contributed by atoms with Crippen molar-refractivity contribution in [3.63, 3.8) is 0 Å². The normalized spacial score (nSPS) is 14.0. The van der Waals surface area contributed by atoms with Crippen molar-refractivity contribution in [1.29, 1.82) is 0 Å². The van der Waals surface area contributed by atoms with Crippen molar-refractivity contribution in [1.82, 2.24) is 15.3 Å². The fourth-order valence-corrected chi connectivity index (χ4v) is 7.11. The predicted octanol–water partition coefficient (Wildman–Crippen LogP) is 6.04. The van der Waals surface area contributed by atoms with Crippen molar-refractivity contribution in [2.75, 3.05) is 20.4 Å². The molecule has 33 heavy (non-hydrogen) atoms. The van der Waals surface area contributed by atoms with Crippen LogP contribution in [0.5, 0.6) is 5.75 Å². The highest BCUT2D eigenvalue weighted by Gasteiger charge is 2.35. The molecular formula is C23H47N3O5P2. The molecule has 0 fully saturated rings. The van der Waals surface area contributed by atoms with Crippen molar-refractivity contribution >= 4 is 20.9 Å². The minimum Gasteiger partial charge on any atom is -0.468 e. The van der Waals surface area contributed by atoms with Crippen LogP contribution in [0.4, 0.5) is 0 Å². The topological polar surface area (TPSA) is 106 Å². The van der Waals surface area contributed by atoms with Crippen molar-refractivity contribution in [2.24, 2.45) is 0 Å². The predicted molar refractivity (Wildman–Crippen MR) is 140 cm³/mol. The number of methoxy groups -OCH3 is 1. The molecule has 0 saturated heterocycles. The molecular weight excluding hydrogens is 460 g/mol. The van der Waals surface area contributed by atoms with E-state index in [0.29, 0.717) is 5.75 Å². The Bertz CT molecular complexity index is 781. The molecule has 3 N–H and O–H groups in total. The van der Waals surface area contributed by atoms with E-state index in [1.165, 1.54) is 13.8 Å². The molecule has 0 heterocycles. The van der Waals surface area contributed by atoms with Gasteiger partial charge < -0.3 is 9.26 Å². The molecule has 1 unspecified atom stereocenters. The van der Waals surface area contributed by atoms with Gasteiger partial charge in [0.15, 0.2) is 0 Å². The van der Waals surface area contributed by atoms with E-state index in [-0.39, 0.29) is 11.1 Å². The maximum Gasteiger partial charge on any atom is 0.325 e. The minimum atomic E-state index is -3.15. The highest BCUT2D eigenvalue weighted by atomic mass is 31.2. The molecule has 8 nitrogen and oxygen atoms in total. The summed E-state index contributed by atoms with van der Waals surface area (Å²) in [5.41, 5.74) is -1.32. The van der Waals surface area contributed by atoms with E-state index in [2.05, 4.69) is 20.0 Å². The molecule has 1 aromatic rings. The van der Waals surface area contributed by atoms with Crippen LogP contribution in [0.25, 0.3) is 0 Å². The smallest absolute Gasteiger partial charge is 0.325 e. The van der Waals surface area contributed by atoms with Crippen LogP contribution >= 0.6 is 15.0 Å². The van der Waals surface area contributed by atoms with Gasteiger partial charge in [0.25, 0.3) is 0 Å². The van der Waals surface area contributed by atoms with Crippen LogP contribution in [0.2, 0.25) is 0 Å². The number of ether oxygens (including phenoxy) is 1. The average molecular weight is 508 g/mol. The lowest BCUT2D eigenvalue weighted by Crippen LogP contribution is -2.46. The van der Waals surface area contributed by atoms with Gasteiger partial charge in [-0.2, -0.15) is 0 Å². The van der Waals surface area contributed by atoms with E-state index in [4.69, 9.17) is 4.52 Å². The van der Waals surface area contributed by atoms with Gasteiger partial charge in [-0.05, 0) is 67.5 Å². The fourth-order valence-electron chi connectivity index (χ4n) is 2.82. The Morgan fingerprint density at radius 1 is 0.788 bits per heavy atom. The van der Waals surface area contributed by atoms with Gasteiger partial charge in [0.1, 0.15) is 11.3 Å². The van der Waals surface area contributed by atoms with Gasteiger partial charge in [0, 0.05) is 24.4 Å². The fraction of sp³-hybridized carbons (Fsp3) is 0.696. The van der Waals surface area contributed by atoms with Crippen LogP contribution in [0.15, 0.2) is 30.3 Å². The summed E-state index contributed by atoms with van der Waals surface area (Å²) >= 11 is 0. The van der Waals surface area contributed by atoms with Crippen LogP contribution < -0.4 is 19.8 Å². The highest BCUT2D eigenvalue weighted by molar-refractivity contribution is 7.59. The second kappa shape index (κ2) is 13.7. The van der Waals surface area contributed by atoms with E-state index in [9.17, 15) is 13.9 Å². The Morgan fingerprint density at radius 2 is 1.18 bits per heavy atom. The molecule has 0 aliphatic carbocycles. The number of nitrogens with one attached hydrogen (secondary N) is 3. The van der Waals surface area contributed by atoms with Gasteiger partial charge in [-0.3, -0.25) is 24.1 Å². The Kier molecular flexibility index (Phi) is 14.1. The third kappa shape index (κ3) is 17.9. The molecule has 1 atom stereocenters. The van der Waals surface area contributed by atoms with E-state index in [1.807, 2.05) is 61.5 Å². The zero-order valence-corrected chi connectivity index (χ0v) is 24.6. The average Bonchev–Trinajstić information content (AvgIpc) is 2.58. The third-order valence-corrected chi connectivity index (χ3v) is 7.02. The van der Waals surface area contributed by atoms with Crippen LogP contribution in [0.3, 0.4) is 0 Å². The Labute approximate surface area is 202 Å². The number of para-hydroxylation sites is 1. The summed E-state index contributed by atoms with van der Waals surface area (Å²) in [4.78, 5) is 11.5. The molecule has 1 aromatic carbocycles. The van der Waals surface area contributed by atoms with E-state index in [0.717, 1.165) is 0 Å². The van der Waals surface area contributed by atoms with Crippen LogP contribution in [-0.2, 0) is 18.7 Å². The molecule has 1 rings (SSSR count). The molecule has 0 bridgehead atoms. The maximum atomic E-state index is 12.3. The SMILES string of the molecule is CC.CC(C)(C)NP(C)(=O)NC(C)(C)C.COC(=O)C(C)(C)NP(C)(=O)Oc1ccccc1. The van der Waals surface area contributed by atoms with Crippen LogP contribution in [-0.4, -0.2) is 43.0 Å². The largest absolute Gasteiger partial charge is 0.468 e. The van der Waals surface area contributed by atoms with Crippen LogP contribution in [0.1, 0.15) is 69.2 Å². The molecule has 0 saturated carbocycles. The Morgan fingerprint density at radius 3 is 1.52 bits per heavy atom. The Hall–Kier alpha value is -1.17. The Balaban J connectivity index is 0. The van der Waals surface area contributed by atoms with E-state index in [1.54, 1.807) is 44.8 Å². The molecule has 194 valence electrons. The number of benzene rings is 1. The number of hydrogen-bond donors (Lipinski definition) is 3. The summed E-state index contributed by atoms with van der Waals surface area (Å²) in [6, 6.07) is 8.78. The summed E-state index contributed by atoms with van der Waals surface area (Å²) in [5, 5.41) is 8.88. The summed E-state index contributed by atoms with van der Waals surface area (Å²) in [7, 11) is -4.31. The third-order valence-electron chi connectivity index (χ3n) is 3.30. The standard InChI is InChI=1S/C12H18NO4P.C9H23N2OP.C2H6/c1-12(2,11(14)16-3)13-18(4,15)17-10-8-6-5-7-9-10;1-8(2,3)10-13(7,12)11-9(4,5)6;1-2/h5-9H,1-4H3,(H,13,15);1-7H3,(H2,10,11,12);1-2H3. The summed E-state index contributed by atoms with van der Waals surface area (Å²) in [6.45, 7) is 22.4. The van der Waals surface area contributed by atoms with Gasteiger partial charge in [-0.25, -0.2) is 5.09 Å². The van der Waals surface area contributed by atoms with Gasteiger partial charge >= 0.3 is 13.5 Å². The number of esters is 1.